The molecule has 7 N–H and O–H groups in total. The smallest absolute Gasteiger partial charge is 0.407 e. The number of nitrogens with zero attached hydrogens (tertiary/aromatic N) is 7. The third kappa shape index (κ3) is 14.1. The van der Waals surface area contributed by atoms with Crippen LogP contribution in [0.2, 0.25) is 0 Å². The number of aryl methyl sites for hydroxylation is 1. The predicted octanol–water partition coefficient (Wildman–Crippen LogP) is 4.88. The zero-order valence-electron chi connectivity index (χ0n) is 42.5. The molecule has 0 saturated carbocycles. The van der Waals surface area contributed by atoms with Gasteiger partial charge in [-0.3, -0.25) is 19.7 Å². The van der Waals surface area contributed by atoms with Crippen molar-refractivity contribution in [1.82, 2.24) is 51.5 Å². The van der Waals surface area contributed by atoms with Crippen molar-refractivity contribution in [2.24, 2.45) is 17.9 Å². The van der Waals surface area contributed by atoms with E-state index in [1.807, 2.05) is 30.3 Å². The van der Waals surface area contributed by atoms with Crippen LogP contribution in [-0.2, 0) is 34.2 Å². The molecule has 19 nitrogen and oxygen atoms in total. The van der Waals surface area contributed by atoms with Crippen molar-refractivity contribution in [2.45, 2.75) is 104 Å². The Morgan fingerprint density at radius 2 is 1.45 bits per heavy atom. The number of aromatic nitrogens is 5. The van der Waals surface area contributed by atoms with Crippen LogP contribution in [0.4, 0.5) is 30.1 Å². The molecule has 2 unspecified atom stereocenters. The van der Waals surface area contributed by atoms with Crippen LogP contribution < -0.4 is 36.6 Å². The molecule has 7 rings (SSSR count). The molecule has 0 radical (unpaired) electrons. The number of hydrazine groups is 1. The van der Waals surface area contributed by atoms with Gasteiger partial charge in [0, 0.05) is 92.2 Å². The van der Waals surface area contributed by atoms with Crippen LogP contribution in [0.25, 0.3) is 11.3 Å². The van der Waals surface area contributed by atoms with E-state index in [4.69, 9.17) is 9.72 Å². The van der Waals surface area contributed by atoms with E-state index in [0.717, 1.165) is 55.4 Å². The summed E-state index contributed by atoms with van der Waals surface area (Å²) in [4.78, 5) is 70.2. The van der Waals surface area contributed by atoms with E-state index >= 15 is 8.78 Å². The highest BCUT2D eigenvalue weighted by atomic mass is 19.1. The number of hydrogen-bond acceptors (Lipinski definition) is 13. The molecule has 5 aromatic rings. The number of pyridine rings is 1. The van der Waals surface area contributed by atoms with Gasteiger partial charge in [-0.1, -0.05) is 65.5 Å². The number of amides is 4. The fourth-order valence-corrected chi connectivity index (χ4v) is 9.06. The number of carbonyl (C=O) groups excluding carboxylic acids is 3. The van der Waals surface area contributed by atoms with Crippen LogP contribution in [0.5, 0.6) is 0 Å². The molecule has 21 heteroatoms. The van der Waals surface area contributed by atoms with E-state index < -0.39 is 77.3 Å². The minimum absolute atomic E-state index is 0.0821. The van der Waals surface area contributed by atoms with Crippen molar-refractivity contribution in [3.63, 3.8) is 0 Å². The Balaban J connectivity index is 0.992. The molecule has 2 aliphatic rings. The second-order valence-corrected chi connectivity index (χ2v) is 20.7. The molecule has 0 spiro atoms. The Kier molecular flexibility index (Phi) is 17.1. The van der Waals surface area contributed by atoms with E-state index in [0.29, 0.717) is 28.9 Å². The summed E-state index contributed by atoms with van der Waals surface area (Å²) in [6, 6.07) is 14.1. The van der Waals surface area contributed by atoms with E-state index in [-0.39, 0.29) is 30.5 Å². The number of hydrogen-bond donors (Lipinski definition) is 7. The summed E-state index contributed by atoms with van der Waals surface area (Å²) in [7, 11) is 1.69. The zero-order chi connectivity index (χ0) is 53.3. The number of rotatable bonds is 17. The van der Waals surface area contributed by atoms with Gasteiger partial charge in [0.2, 0.25) is 11.9 Å². The SMILES string of the molecule is Cn1ccc(-c2cc(F)c(CCOC(=O)N[C@H](C(=O)N[C@@H](Cc3ccc(C#Cc4ccc(N5CC6CCC(C5)N6c5ncccn5)nc4)cc3)[C@@H](O)CNNC(=O)[C@@H](NC(=O)O)C(C)(C)C)C(C)(C)C)c(F)c2)n1. The minimum atomic E-state index is -1.39. The maximum absolute atomic E-state index is 15.1. The third-order valence-electron chi connectivity index (χ3n) is 12.9. The van der Waals surface area contributed by atoms with Crippen LogP contribution in [-0.4, -0.2) is 122 Å². The Bertz CT molecular complexity index is 2790. The lowest BCUT2D eigenvalue weighted by atomic mass is 9.85. The van der Waals surface area contributed by atoms with Gasteiger partial charge in [0.15, 0.2) is 0 Å². The molecule has 2 saturated heterocycles. The molecule has 2 bridgehead atoms. The third-order valence-corrected chi connectivity index (χ3v) is 12.9. The summed E-state index contributed by atoms with van der Waals surface area (Å²) in [5.74, 6) is 4.96. The Labute approximate surface area is 428 Å². The lowest BCUT2D eigenvalue weighted by Crippen LogP contribution is -2.60. The molecule has 74 heavy (non-hydrogen) atoms. The first-order chi connectivity index (χ1) is 35.1. The van der Waals surface area contributed by atoms with Crippen molar-refractivity contribution in [3.8, 4) is 23.1 Å². The average Bonchev–Trinajstić information content (AvgIpc) is 3.90. The summed E-state index contributed by atoms with van der Waals surface area (Å²) in [5, 5.41) is 32.8. The number of fused-ring (bicyclic) bond motifs is 2. The number of aliphatic hydroxyl groups excluding tert-OH is 1. The van der Waals surface area contributed by atoms with E-state index in [1.165, 1.54) is 4.68 Å². The fraction of sp³-hybridized carbons (Fsp3) is 0.434. The molecule has 2 fully saturated rings. The van der Waals surface area contributed by atoms with Gasteiger partial charge in [-0.2, -0.15) is 5.10 Å². The number of anilines is 2. The van der Waals surface area contributed by atoms with Crippen molar-refractivity contribution in [2.75, 3.05) is 36.0 Å². The van der Waals surface area contributed by atoms with Crippen molar-refractivity contribution in [3.05, 3.63) is 119 Å². The predicted molar refractivity (Wildman–Crippen MR) is 272 cm³/mol. The average molecular weight is 1020 g/mol. The summed E-state index contributed by atoms with van der Waals surface area (Å²) in [6.45, 7) is 11.1. The van der Waals surface area contributed by atoms with Crippen LogP contribution in [0.3, 0.4) is 0 Å². The maximum Gasteiger partial charge on any atom is 0.407 e. The molecule has 392 valence electrons. The number of aliphatic hydroxyl groups is 1. The first-order valence-electron chi connectivity index (χ1n) is 24.4. The number of carboxylic acid groups (broad SMARTS) is 1. The highest BCUT2D eigenvalue weighted by molar-refractivity contribution is 5.87. The van der Waals surface area contributed by atoms with E-state index in [1.54, 1.807) is 91.6 Å². The van der Waals surface area contributed by atoms with Crippen molar-refractivity contribution in [1.29, 1.82) is 0 Å². The maximum atomic E-state index is 15.1. The number of halogens is 2. The molecule has 2 aliphatic heterocycles. The number of benzene rings is 2. The van der Waals surface area contributed by atoms with Crippen molar-refractivity contribution < 1.29 is 42.9 Å². The highest BCUT2D eigenvalue weighted by Crippen LogP contribution is 2.34. The summed E-state index contributed by atoms with van der Waals surface area (Å²) in [6.07, 6.45) is 5.13. The van der Waals surface area contributed by atoms with Crippen LogP contribution >= 0.6 is 0 Å². The highest BCUT2D eigenvalue weighted by Gasteiger charge is 2.42. The molecular formula is C53H64F2N12O7. The summed E-state index contributed by atoms with van der Waals surface area (Å²) >= 11 is 0. The van der Waals surface area contributed by atoms with E-state index in [2.05, 4.69) is 63.5 Å². The van der Waals surface area contributed by atoms with Gasteiger partial charge in [-0.05, 0) is 84.2 Å². The first kappa shape index (κ1) is 54.1. The Hall–Kier alpha value is -7.70. The molecule has 0 aliphatic carbocycles. The second kappa shape index (κ2) is 23.4. The number of piperazine rings is 1. The zero-order valence-corrected chi connectivity index (χ0v) is 42.5. The molecule has 2 aromatic carbocycles. The van der Waals surface area contributed by atoms with Gasteiger partial charge in [0.1, 0.15) is 29.5 Å². The quantitative estimate of drug-likeness (QED) is 0.0486. The topological polar surface area (TPSA) is 241 Å². The first-order valence-corrected chi connectivity index (χ1v) is 24.4. The molecular weight excluding hydrogens is 955 g/mol. The van der Waals surface area contributed by atoms with Crippen molar-refractivity contribution >= 4 is 35.8 Å². The summed E-state index contributed by atoms with van der Waals surface area (Å²) in [5.41, 5.74) is 5.88. The molecule has 6 atom stereocenters. The summed E-state index contributed by atoms with van der Waals surface area (Å²) < 4.78 is 36.9. The van der Waals surface area contributed by atoms with Gasteiger partial charge >= 0.3 is 12.2 Å². The number of alkyl carbamates (subject to hydrolysis) is 1. The van der Waals surface area contributed by atoms with Crippen LogP contribution in [0.15, 0.2) is 85.5 Å². The number of carbonyl (C=O) groups is 4. The lowest BCUT2D eigenvalue weighted by Gasteiger charge is -2.41. The minimum Gasteiger partial charge on any atom is -0.465 e. The largest absolute Gasteiger partial charge is 0.465 e. The Morgan fingerprint density at radius 1 is 0.824 bits per heavy atom. The second-order valence-electron chi connectivity index (χ2n) is 20.7. The molecule has 3 aromatic heterocycles. The van der Waals surface area contributed by atoms with E-state index in [9.17, 15) is 29.4 Å². The normalized spacial score (nSPS) is 17.0. The number of ether oxygens (including phenoxy) is 1. The van der Waals surface area contributed by atoms with Crippen LogP contribution in [0.1, 0.15) is 76.6 Å². The van der Waals surface area contributed by atoms with Gasteiger partial charge < -0.3 is 40.7 Å². The number of nitrogens with one attached hydrogen (secondary N) is 5. The van der Waals surface area contributed by atoms with Gasteiger partial charge in [0.25, 0.3) is 5.91 Å². The fourth-order valence-electron chi connectivity index (χ4n) is 9.06. The van der Waals surface area contributed by atoms with Gasteiger partial charge in [0.05, 0.1) is 24.4 Å². The Morgan fingerprint density at radius 3 is 2.03 bits per heavy atom. The van der Waals surface area contributed by atoms with Crippen LogP contribution in [0, 0.1) is 34.3 Å². The van der Waals surface area contributed by atoms with Gasteiger partial charge in [-0.15, -0.1) is 0 Å². The monoisotopic (exact) mass is 1020 g/mol. The van der Waals surface area contributed by atoms with Gasteiger partial charge in [-0.25, -0.2) is 38.7 Å². The lowest BCUT2D eigenvalue weighted by molar-refractivity contribution is -0.128. The molecule has 5 heterocycles. The standard InChI is InChI=1S/C53H64F2N12O7/c1-52(2,3)45(62-51(73)74-24-20-38-39(54)26-35(27-40(38)55)41-19-23-65(7)64-41)47(69)60-42(43(68)29-59-63-48(70)46(53(4,5)6)61-50(71)72)25-33-12-9-32(10-13-33)11-14-34-15-18-44(58-28-34)66-30-36-16-17-37(31-66)67(36)49-56-21-8-22-57-49/h8-10,12-13,15,18-19,21-23,26-28,36-37,42-43,45-46,59,61,68H,16-17,20,24-25,29-31H2,1-7H3,(H,60,69)(H,62,73)(H,63,70)(H,71,72)/t36?,37?,42-,43-,45+,46+/m0/s1. The molecule has 4 amide bonds.